The molecule has 1 amide bonds. The third-order valence-corrected chi connectivity index (χ3v) is 5.21. The number of amides is 1. The standard InChI is InChI=1S/C14H12ClN3O3S/c1-18-14-8(4-16-18)13(22-5-11(19)17-14)7-2-9(15)12-10(3-7)20-6-21-12/h2-4,13H,5-6H2,1H3,(H,17,19). The van der Waals surface area contributed by atoms with Gasteiger partial charge < -0.3 is 14.8 Å². The monoisotopic (exact) mass is 337 g/mol. The Labute approximate surface area is 135 Å². The molecular weight excluding hydrogens is 326 g/mol. The van der Waals surface area contributed by atoms with Crippen molar-refractivity contribution in [1.82, 2.24) is 9.78 Å². The van der Waals surface area contributed by atoms with Gasteiger partial charge >= 0.3 is 0 Å². The number of hydrogen-bond acceptors (Lipinski definition) is 5. The van der Waals surface area contributed by atoms with Gasteiger partial charge in [0.05, 0.1) is 22.2 Å². The van der Waals surface area contributed by atoms with E-state index in [1.165, 1.54) is 11.8 Å². The average molecular weight is 338 g/mol. The normalized spacial score (nSPS) is 19.5. The molecule has 6 nitrogen and oxygen atoms in total. The summed E-state index contributed by atoms with van der Waals surface area (Å²) in [5.41, 5.74) is 1.92. The Morgan fingerprint density at radius 3 is 3.18 bits per heavy atom. The van der Waals surface area contributed by atoms with Crippen LogP contribution >= 0.6 is 23.4 Å². The van der Waals surface area contributed by atoms with Crippen LogP contribution in [0.4, 0.5) is 5.82 Å². The van der Waals surface area contributed by atoms with Crippen LogP contribution in [0.2, 0.25) is 5.02 Å². The number of rotatable bonds is 1. The van der Waals surface area contributed by atoms with E-state index < -0.39 is 0 Å². The molecule has 0 radical (unpaired) electrons. The van der Waals surface area contributed by atoms with Crippen LogP contribution in [0.1, 0.15) is 16.4 Å². The SMILES string of the molecule is Cn1ncc2c1NC(=O)CSC2c1cc(Cl)c2c(c1)OCO2. The number of nitrogens with one attached hydrogen (secondary N) is 1. The van der Waals surface area contributed by atoms with Gasteiger partial charge in [-0.2, -0.15) is 5.10 Å². The van der Waals surface area contributed by atoms with E-state index in [1.807, 2.05) is 12.1 Å². The highest BCUT2D eigenvalue weighted by Crippen LogP contribution is 2.47. The Balaban J connectivity index is 1.82. The minimum Gasteiger partial charge on any atom is -0.454 e. The molecule has 1 unspecified atom stereocenters. The zero-order valence-electron chi connectivity index (χ0n) is 11.6. The number of aromatic nitrogens is 2. The number of halogens is 1. The fraction of sp³-hybridized carbons (Fsp3) is 0.286. The van der Waals surface area contributed by atoms with Crippen molar-refractivity contribution < 1.29 is 14.3 Å². The molecule has 0 aliphatic carbocycles. The second-order valence-electron chi connectivity index (χ2n) is 5.05. The van der Waals surface area contributed by atoms with Gasteiger partial charge in [-0.15, -0.1) is 11.8 Å². The molecule has 1 N–H and O–H groups in total. The number of carbonyl (C=O) groups excluding carboxylic acids is 1. The summed E-state index contributed by atoms with van der Waals surface area (Å²) in [4.78, 5) is 11.9. The van der Waals surface area contributed by atoms with Gasteiger partial charge in [-0.25, -0.2) is 0 Å². The van der Waals surface area contributed by atoms with Crippen molar-refractivity contribution in [2.75, 3.05) is 17.9 Å². The van der Waals surface area contributed by atoms with E-state index in [2.05, 4.69) is 10.4 Å². The summed E-state index contributed by atoms with van der Waals surface area (Å²) in [6, 6.07) is 3.78. The van der Waals surface area contributed by atoms with Crippen molar-refractivity contribution in [3.8, 4) is 11.5 Å². The quantitative estimate of drug-likeness (QED) is 0.866. The van der Waals surface area contributed by atoms with Crippen LogP contribution in [0.25, 0.3) is 0 Å². The smallest absolute Gasteiger partial charge is 0.235 e. The second-order valence-corrected chi connectivity index (χ2v) is 6.55. The highest BCUT2D eigenvalue weighted by molar-refractivity contribution is 8.00. The topological polar surface area (TPSA) is 65.4 Å². The highest BCUT2D eigenvalue weighted by Gasteiger charge is 2.29. The summed E-state index contributed by atoms with van der Waals surface area (Å²) in [5.74, 6) is 2.26. The minimum absolute atomic E-state index is 0.0378. The summed E-state index contributed by atoms with van der Waals surface area (Å²) in [6.45, 7) is 0.175. The van der Waals surface area contributed by atoms with Gasteiger partial charge in [-0.1, -0.05) is 11.6 Å². The van der Waals surface area contributed by atoms with E-state index in [-0.39, 0.29) is 18.0 Å². The first-order chi connectivity index (χ1) is 10.6. The summed E-state index contributed by atoms with van der Waals surface area (Å²) < 4.78 is 12.4. The molecule has 0 spiro atoms. The van der Waals surface area contributed by atoms with Crippen LogP contribution in [0.3, 0.4) is 0 Å². The molecule has 1 aromatic heterocycles. The van der Waals surface area contributed by atoms with Crippen molar-refractivity contribution in [3.05, 3.63) is 34.5 Å². The lowest BCUT2D eigenvalue weighted by atomic mass is 10.1. The highest BCUT2D eigenvalue weighted by atomic mass is 35.5. The van der Waals surface area contributed by atoms with E-state index in [9.17, 15) is 4.79 Å². The van der Waals surface area contributed by atoms with Gasteiger partial charge in [0, 0.05) is 12.6 Å². The molecule has 0 fully saturated rings. The van der Waals surface area contributed by atoms with Crippen LogP contribution in [0.15, 0.2) is 18.3 Å². The van der Waals surface area contributed by atoms with Crippen molar-refractivity contribution in [2.45, 2.75) is 5.25 Å². The van der Waals surface area contributed by atoms with Crippen LogP contribution in [-0.2, 0) is 11.8 Å². The van der Waals surface area contributed by atoms with Crippen LogP contribution in [0, 0.1) is 0 Å². The Bertz CT molecular complexity index is 777. The molecule has 8 heteroatoms. The lowest BCUT2D eigenvalue weighted by molar-refractivity contribution is -0.113. The number of hydrogen-bond donors (Lipinski definition) is 1. The summed E-state index contributed by atoms with van der Waals surface area (Å²) in [5, 5.41) is 7.60. The van der Waals surface area contributed by atoms with Crippen molar-refractivity contribution in [1.29, 1.82) is 0 Å². The lowest BCUT2D eigenvalue weighted by Crippen LogP contribution is -2.15. The molecule has 1 atom stereocenters. The molecule has 114 valence electrons. The first kappa shape index (κ1) is 13.8. The van der Waals surface area contributed by atoms with Crippen LogP contribution < -0.4 is 14.8 Å². The summed E-state index contributed by atoms with van der Waals surface area (Å²) in [6.07, 6.45) is 1.77. The van der Waals surface area contributed by atoms with Crippen LogP contribution in [-0.4, -0.2) is 28.2 Å². The van der Waals surface area contributed by atoms with Crippen molar-refractivity contribution in [2.24, 2.45) is 7.05 Å². The van der Waals surface area contributed by atoms with E-state index in [1.54, 1.807) is 17.9 Å². The molecule has 3 heterocycles. The molecule has 2 aromatic rings. The first-order valence-corrected chi connectivity index (χ1v) is 8.08. The molecule has 0 saturated heterocycles. The molecule has 2 aliphatic rings. The minimum atomic E-state index is -0.0466. The number of benzene rings is 1. The van der Waals surface area contributed by atoms with Gasteiger partial charge in [0.25, 0.3) is 0 Å². The summed E-state index contributed by atoms with van der Waals surface area (Å²) in [7, 11) is 1.80. The van der Waals surface area contributed by atoms with Gasteiger partial charge in [0.1, 0.15) is 5.82 Å². The number of aryl methyl sites for hydroxylation is 1. The second kappa shape index (κ2) is 5.10. The molecule has 0 bridgehead atoms. The molecular formula is C14H12ClN3O3S. The molecule has 1 aromatic carbocycles. The van der Waals surface area contributed by atoms with E-state index >= 15 is 0 Å². The fourth-order valence-electron chi connectivity index (χ4n) is 2.63. The van der Waals surface area contributed by atoms with Crippen molar-refractivity contribution >= 4 is 35.1 Å². The predicted octanol–water partition coefficient (Wildman–Crippen LogP) is 2.58. The van der Waals surface area contributed by atoms with Gasteiger partial charge in [0.2, 0.25) is 12.7 Å². The van der Waals surface area contributed by atoms with Crippen molar-refractivity contribution in [3.63, 3.8) is 0 Å². The first-order valence-electron chi connectivity index (χ1n) is 6.66. The molecule has 22 heavy (non-hydrogen) atoms. The number of ether oxygens (including phenoxy) is 2. The Hall–Kier alpha value is -1.86. The molecule has 0 saturated carbocycles. The van der Waals surface area contributed by atoms with E-state index in [0.717, 1.165) is 11.1 Å². The lowest BCUT2D eigenvalue weighted by Gasteiger charge is -2.15. The zero-order valence-corrected chi connectivity index (χ0v) is 13.2. The number of thioether (sulfide) groups is 1. The Kier molecular flexibility index (Phi) is 3.19. The maximum Gasteiger partial charge on any atom is 0.235 e. The van der Waals surface area contributed by atoms with Crippen LogP contribution in [0.5, 0.6) is 11.5 Å². The molecule has 2 aliphatic heterocycles. The van der Waals surface area contributed by atoms with E-state index in [4.69, 9.17) is 21.1 Å². The largest absolute Gasteiger partial charge is 0.454 e. The maximum absolute atomic E-state index is 11.9. The number of fused-ring (bicyclic) bond motifs is 2. The molecule has 4 rings (SSSR count). The van der Waals surface area contributed by atoms with Gasteiger partial charge in [-0.05, 0) is 17.7 Å². The van der Waals surface area contributed by atoms with Gasteiger partial charge in [-0.3, -0.25) is 9.48 Å². The zero-order chi connectivity index (χ0) is 15.3. The third kappa shape index (κ3) is 2.12. The predicted molar refractivity (Wildman–Crippen MR) is 83.7 cm³/mol. The number of nitrogens with zero attached hydrogens (tertiary/aromatic N) is 2. The van der Waals surface area contributed by atoms with Gasteiger partial charge in [0.15, 0.2) is 11.5 Å². The third-order valence-electron chi connectivity index (χ3n) is 3.64. The number of carbonyl (C=O) groups is 1. The fourth-order valence-corrected chi connectivity index (χ4v) is 3.98. The average Bonchev–Trinajstić information content (AvgIpc) is 3.05. The Morgan fingerprint density at radius 2 is 2.32 bits per heavy atom. The Morgan fingerprint density at radius 1 is 1.45 bits per heavy atom. The number of anilines is 1. The maximum atomic E-state index is 11.9. The van der Waals surface area contributed by atoms with E-state index in [0.29, 0.717) is 28.1 Å². The summed E-state index contributed by atoms with van der Waals surface area (Å²) >= 11 is 7.81.